The SMILES string of the molecule is CCC(=O)Nc1cccc(NC(=O)C(C)(C)C(Cl)Cl)c1. The first kappa shape index (κ1) is 16.8. The van der Waals surface area contributed by atoms with Gasteiger partial charge < -0.3 is 10.6 Å². The van der Waals surface area contributed by atoms with Crippen LogP contribution in [0.4, 0.5) is 11.4 Å². The van der Waals surface area contributed by atoms with E-state index in [4.69, 9.17) is 23.2 Å². The summed E-state index contributed by atoms with van der Waals surface area (Å²) >= 11 is 11.6. The fourth-order valence-electron chi connectivity index (χ4n) is 1.32. The average Bonchev–Trinajstić information content (AvgIpc) is 2.38. The van der Waals surface area contributed by atoms with E-state index < -0.39 is 10.3 Å². The van der Waals surface area contributed by atoms with Gasteiger partial charge in [0.25, 0.3) is 0 Å². The highest BCUT2D eigenvalue weighted by Gasteiger charge is 2.34. The van der Waals surface area contributed by atoms with Gasteiger partial charge in [0.15, 0.2) is 0 Å². The first-order valence-corrected chi connectivity index (χ1v) is 7.14. The summed E-state index contributed by atoms with van der Waals surface area (Å²) in [5.41, 5.74) is 0.290. The third kappa shape index (κ3) is 4.39. The molecular weight excluding hydrogens is 299 g/mol. The molecule has 0 saturated heterocycles. The Morgan fingerprint density at radius 1 is 1.20 bits per heavy atom. The number of carbonyl (C=O) groups excluding carboxylic acids is 2. The minimum Gasteiger partial charge on any atom is -0.326 e. The number of hydrogen-bond donors (Lipinski definition) is 2. The maximum absolute atomic E-state index is 12.1. The molecule has 0 aliphatic rings. The summed E-state index contributed by atoms with van der Waals surface area (Å²) in [5, 5.41) is 5.46. The van der Waals surface area contributed by atoms with Gasteiger partial charge in [-0.15, -0.1) is 23.2 Å². The number of halogens is 2. The van der Waals surface area contributed by atoms with Crippen LogP contribution in [-0.4, -0.2) is 16.7 Å². The standard InChI is InChI=1S/C14H18Cl2N2O2/c1-4-11(19)17-9-6-5-7-10(8-9)18-13(20)14(2,3)12(15)16/h5-8,12H,4H2,1-3H3,(H,17,19)(H,18,20). The van der Waals surface area contributed by atoms with Gasteiger partial charge in [-0.25, -0.2) is 0 Å². The van der Waals surface area contributed by atoms with E-state index in [1.807, 2.05) is 0 Å². The topological polar surface area (TPSA) is 58.2 Å². The molecule has 0 heterocycles. The third-order valence-electron chi connectivity index (χ3n) is 2.86. The minimum atomic E-state index is -0.911. The van der Waals surface area contributed by atoms with Crippen molar-refractivity contribution >= 4 is 46.4 Å². The molecule has 0 unspecified atom stereocenters. The number of rotatable bonds is 5. The van der Waals surface area contributed by atoms with Gasteiger partial charge in [-0.1, -0.05) is 13.0 Å². The molecule has 0 aliphatic heterocycles. The van der Waals surface area contributed by atoms with Crippen molar-refractivity contribution in [1.29, 1.82) is 0 Å². The van der Waals surface area contributed by atoms with Crippen molar-refractivity contribution < 1.29 is 9.59 Å². The molecule has 0 aliphatic carbocycles. The van der Waals surface area contributed by atoms with Gasteiger partial charge in [-0.2, -0.15) is 0 Å². The third-order valence-corrected chi connectivity index (χ3v) is 3.95. The zero-order valence-electron chi connectivity index (χ0n) is 11.7. The molecule has 110 valence electrons. The highest BCUT2D eigenvalue weighted by atomic mass is 35.5. The molecule has 1 aromatic carbocycles. The number of benzene rings is 1. The number of nitrogens with one attached hydrogen (secondary N) is 2. The Morgan fingerprint density at radius 2 is 1.75 bits per heavy atom. The van der Waals surface area contributed by atoms with Crippen LogP contribution in [0, 0.1) is 5.41 Å². The van der Waals surface area contributed by atoms with E-state index in [1.165, 1.54) is 0 Å². The van der Waals surface area contributed by atoms with Crippen molar-refractivity contribution in [2.24, 2.45) is 5.41 Å². The second-order valence-electron chi connectivity index (χ2n) is 4.96. The Hall–Kier alpha value is -1.26. The quantitative estimate of drug-likeness (QED) is 0.812. The van der Waals surface area contributed by atoms with Gasteiger partial charge in [0.05, 0.1) is 5.41 Å². The lowest BCUT2D eigenvalue weighted by molar-refractivity contribution is -0.123. The van der Waals surface area contributed by atoms with Crippen LogP contribution in [0.2, 0.25) is 0 Å². The molecule has 2 amide bonds. The molecular formula is C14H18Cl2N2O2. The van der Waals surface area contributed by atoms with Crippen LogP contribution in [0.5, 0.6) is 0 Å². The first-order chi connectivity index (χ1) is 9.27. The largest absolute Gasteiger partial charge is 0.326 e. The van der Waals surface area contributed by atoms with Gasteiger partial charge in [0, 0.05) is 17.8 Å². The zero-order valence-corrected chi connectivity index (χ0v) is 13.2. The van der Waals surface area contributed by atoms with Gasteiger partial charge in [0.2, 0.25) is 11.8 Å². The molecule has 0 radical (unpaired) electrons. The molecule has 0 aromatic heterocycles. The number of alkyl halides is 2. The molecule has 0 spiro atoms. The summed E-state index contributed by atoms with van der Waals surface area (Å²) < 4.78 is 0. The lowest BCUT2D eigenvalue weighted by Gasteiger charge is -2.24. The zero-order chi connectivity index (χ0) is 15.3. The van der Waals surface area contributed by atoms with Crippen LogP contribution in [-0.2, 0) is 9.59 Å². The van der Waals surface area contributed by atoms with E-state index in [0.29, 0.717) is 17.8 Å². The van der Waals surface area contributed by atoms with Crippen LogP contribution in [0.15, 0.2) is 24.3 Å². The molecule has 0 atom stereocenters. The Kier molecular flexibility index (Phi) is 5.84. The maximum Gasteiger partial charge on any atom is 0.232 e. The summed E-state index contributed by atoms with van der Waals surface area (Å²) in [6, 6.07) is 6.90. The first-order valence-electron chi connectivity index (χ1n) is 6.27. The lowest BCUT2D eigenvalue weighted by atomic mass is 9.95. The van der Waals surface area contributed by atoms with Crippen molar-refractivity contribution in [3.05, 3.63) is 24.3 Å². The van der Waals surface area contributed by atoms with Crippen molar-refractivity contribution in [3.63, 3.8) is 0 Å². The van der Waals surface area contributed by atoms with Crippen LogP contribution in [0.3, 0.4) is 0 Å². The highest BCUT2D eigenvalue weighted by Crippen LogP contribution is 2.30. The van der Waals surface area contributed by atoms with Crippen molar-refractivity contribution in [2.45, 2.75) is 32.0 Å². The van der Waals surface area contributed by atoms with Crippen LogP contribution in [0.1, 0.15) is 27.2 Å². The summed E-state index contributed by atoms with van der Waals surface area (Å²) in [4.78, 5) is 22.6. The number of hydrogen-bond acceptors (Lipinski definition) is 2. The summed E-state index contributed by atoms with van der Waals surface area (Å²) in [6.07, 6.45) is 0.393. The Bertz CT molecular complexity index is 502. The van der Waals surface area contributed by atoms with Gasteiger partial charge in [-0.3, -0.25) is 9.59 Å². The van der Waals surface area contributed by atoms with E-state index >= 15 is 0 Å². The van der Waals surface area contributed by atoms with Crippen molar-refractivity contribution in [2.75, 3.05) is 10.6 Å². The molecule has 20 heavy (non-hydrogen) atoms. The molecule has 0 fully saturated rings. The van der Waals surface area contributed by atoms with E-state index in [9.17, 15) is 9.59 Å². The van der Waals surface area contributed by atoms with E-state index in [1.54, 1.807) is 45.0 Å². The molecule has 0 bridgehead atoms. The minimum absolute atomic E-state index is 0.0876. The highest BCUT2D eigenvalue weighted by molar-refractivity contribution is 6.46. The maximum atomic E-state index is 12.1. The second kappa shape index (κ2) is 6.95. The molecule has 1 aromatic rings. The smallest absolute Gasteiger partial charge is 0.232 e. The van der Waals surface area contributed by atoms with E-state index in [2.05, 4.69) is 10.6 Å². The average molecular weight is 317 g/mol. The fraction of sp³-hybridized carbons (Fsp3) is 0.429. The van der Waals surface area contributed by atoms with Crippen molar-refractivity contribution in [1.82, 2.24) is 0 Å². The number of anilines is 2. The van der Waals surface area contributed by atoms with Gasteiger partial charge >= 0.3 is 0 Å². The monoisotopic (exact) mass is 316 g/mol. The van der Waals surface area contributed by atoms with E-state index in [0.717, 1.165) is 0 Å². The molecule has 1 rings (SSSR count). The van der Waals surface area contributed by atoms with Crippen molar-refractivity contribution in [3.8, 4) is 0 Å². The normalized spacial score (nSPS) is 11.3. The molecule has 6 heteroatoms. The van der Waals surface area contributed by atoms with Crippen LogP contribution >= 0.6 is 23.2 Å². The number of amides is 2. The van der Waals surface area contributed by atoms with Gasteiger partial charge in [0.1, 0.15) is 4.84 Å². The second-order valence-corrected chi connectivity index (χ2v) is 6.06. The Labute approximate surface area is 128 Å². The molecule has 4 nitrogen and oxygen atoms in total. The number of carbonyl (C=O) groups is 2. The summed E-state index contributed by atoms with van der Waals surface area (Å²) in [5.74, 6) is -0.373. The Balaban J connectivity index is 2.81. The fourth-order valence-corrected chi connectivity index (χ4v) is 1.51. The predicted molar refractivity (Wildman–Crippen MR) is 83.3 cm³/mol. The lowest BCUT2D eigenvalue weighted by Crippen LogP contribution is -2.36. The molecule has 2 N–H and O–H groups in total. The van der Waals surface area contributed by atoms with Gasteiger partial charge in [-0.05, 0) is 32.0 Å². The molecule has 0 saturated carbocycles. The predicted octanol–water partition coefficient (Wildman–Crippen LogP) is 3.80. The summed E-state index contributed by atoms with van der Waals surface area (Å²) in [6.45, 7) is 5.09. The van der Waals surface area contributed by atoms with Crippen LogP contribution < -0.4 is 10.6 Å². The van der Waals surface area contributed by atoms with E-state index in [-0.39, 0.29) is 11.8 Å². The Morgan fingerprint density at radius 3 is 2.25 bits per heavy atom. The van der Waals surface area contributed by atoms with Crippen LogP contribution in [0.25, 0.3) is 0 Å². The summed E-state index contributed by atoms with van der Waals surface area (Å²) in [7, 11) is 0.